The van der Waals surface area contributed by atoms with Crippen LogP contribution in [0.3, 0.4) is 0 Å². The van der Waals surface area contributed by atoms with Crippen molar-refractivity contribution in [2.24, 2.45) is 0 Å². The Morgan fingerprint density at radius 2 is 1.83 bits per heavy atom. The number of hydrogen-bond acceptors (Lipinski definition) is 2. The van der Waals surface area contributed by atoms with Crippen molar-refractivity contribution in [2.45, 2.75) is 32.7 Å². The Morgan fingerprint density at radius 1 is 1.03 bits per heavy atom. The minimum absolute atomic E-state index is 0.246. The summed E-state index contributed by atoms with van der Waals surface area (Å²) in [6.07, 6.45) is 4.39. The van der Waals surface area contributed by atoms with E-state index in [1.165, 1.54) is 11.1 Å². The highest BCUT2D eigenvalue weighted by atomic mass is 16.4. The molecule has 0 amide bonds. The molecule has 146 valence electrons. The van der Waals surface area contributed by atoms with Crippen LogP contribution in [-0.2, 0) is 13.0 Å². The van der Waals surface area contributed by atoms with Crippen LogP contribution in [0.1, 0.15) is 52.5 Å². The summed E-state index contributed by atoms with van der Waals surface area (Å²) in [5, 5.41) is 10.8. The van der Waals surface area contributed by atoms with Gasteiger partial charge in [-0.2, -0.15) is 0 Å². The summed E-state index contributed by atoms with van der Waals surface area (Å²) in [5.74, 6) is -0.680. The topological polar surface area (TPSA) is 55.1 Å². The molecule has 0 aliphatic carbocycles. The second-order valence-electron chi connectivity index (χ2n) is 7.72. The fourth-order valence-electron chi connectivity index (χ4n) is 3.62. The number of carbonyl (C=O) groups is 1. The summed E-state index contributed by atoms with van der Waals surface area (Å²) in [4.78, 5) is 16.2. The number of nitrogens with zero attached hydrogens (tertiary/aromatic N) is 2. The first-order chi connectivity index (χ1) is 14.0. The van der Waals surface area contributed by atoms with Gasteiger partial charge in [-0.25, -0.2) is 4.79 Å². The monoisotopic (exact) mass is 384 g/mol. The molecule has 2 heterocycles. The fraction of sp³-hybridized carbons (Fsp3) is 0.200. The lowest BCUT2D eigenvalue weighted by Gasteiger charge is -2.11. The maximum atomic E-state index is 11.7. The quantitative estimate of drug-likeness (QED) is 0.478. The average Bonchev–Trinajstić information content (AvgIpc) is 3.10. The first-order valence-electron chi connectivity index (χ1n) is 9.85. The van der Waals surface area contributed by atoms with Crippen LogP contribution in [-0.4, -0.2) is 20.6 Å². The fourth-order valence-corrected chi connectivity index (χ4v) is 3.62. The van der Waals surface area contributed by atoms with E-state index < -0.39 is 5.97 Å². The number of carboxylic acids is 1. The Hall–Kier alpha value is -3.40. The molecule has 0 aliphatic rings. The molecule has 0 aliphatic heterocycles. The molecule has 0 spiro atoms. The van der Waals surface area contributed by atoms with Crippen molar-refractivity contribution in [2.75, 3.05) is 0 Å². The van der Waals surface area contributed by atoms with E-state index >= 15 is 0 Å². The van der Waals surface area contributed by atoms with Crippen molar-refractivity contribution in [3.8, 4) is 0 Å². The molecule has 0 atom stereocenters. The van der Waals surface area contributed by atoms with Gasteiger partial charge in [0.25, 0.3) is 0 Å². The number of benzene rings is 2. The highest BCUT2D eigenvalue weighted by molar-refractivity contribution is 5.89. The van der Waals surface area contributed by atoms with E-state index in [9.17, 15) is 9.90 Å². The second kappa shape index (κ2) is 7.92. The van der Waals surface area contributed by atoms with Crippen LogP contribution in [0.4, 0.5) is 0 Å². The lowest BCUT2D eigenvalue weighted by Crippen LogP contribution is -2.07. The standard InChI is InChI=1S/C25H24N2O2/c1-17(2)21-14-22(25(28)29)23(26-15-21)13-19-8-9-24-20(12-19)10-11-27(24)16-18-6-4-3-5-7-18/h3-12,14-15,17H,13,16H2,1-2H3,(H,28,29). The third-order valence-corrected chi connectivity index (χ3v) is 5.29. The average molecular weight is 384 g/mol. The molecule has 0 saturated heterocycles. The van der Waals surface area contributed by atoms with Crippen molar-refractivity contribution < 1.29 is 9.90 Å². The molecule has 4 heteroatoms. The normalized spacial score (nSPS) is 11.3. The summed E-state index contributed by atoms with van der Waals surface area (Å²) in [6, 6.07) is 20.5. The molecule has 4 aromatic rings. The maximum absolute atomic E-state index is 11.7. The van der Waals surface area contributed by atoms with E-state index in [1.54, 1.807) is 12.3 Å². The predicted molar refractivity (Wildman–Crippen MR) is 116 cm³/mol. The van der Waals surface area contributed by atoms with Gasteiger partial charge in [-0.15, -0.1) is 0 Å². The Morgan fingerprint density at radius 3 is 2.55 bits per heavy atom. The van der Waals surface area contributed by atoms with Gasteiger partial charge < -0.3 is 9.67 Å². The van der Waals surface area contributed by atoms with E-state index in [-0.39, 0.29) is 11.5 Å². The molecule has 4 rings (SSSR count). The lowest BCUT2D eigenvalue weighted by molar-refractivity contribution is 0.0695. The van der Waals surface area contributed by atoms with Gasteiger partial charge in [0.15, 0.2) is 0 Å². The molecule has 0 bridgehead atoms. The molecular weight excluding hydrogens is 360 g/mol. The minimum atomic E-state index is -0.926. The summed E-state index contributed by atoms with van der Waals surface area (Å²) >= 11 is 0. The van der Waals surface area contributed by atoms with Gasteiger partial charge >= 0.3 is 5.97 Å². The van der Waals surface area contributed by atoms with Crippen LogP contribution in [0.5, 0.6) is 0 Å². The van der Waals surface area contributed by atoms with Crippen molar-refractivity contribution >= 4 is 16.9 Å². The van der Waals surface area contributed by atoms with E-state index in [2.05, 4.69) is 64.3 Å². The summed E-state index contributed by atoms with van der Waals surface area (Å²) in [7, 11) is 0. The van der Waals surface area contributed by atoms with Crippen molar-refractivity contribution in [3.63, 3.8) is 0 Å². The predicted octanol–water partition coefficient (Wildman–Crippen LogP) is 5.50. The number of aromatic nitrogens is 2. The van der Waals surface area contributed by atoms with Gasteiger partial charge in [-0.05, 0) is 52.3 Å². The largest absolute Gasteiger partial charge is 0.478 e. The van der Waals surface area contributed by atoms with Gasteiger partial charge in [0.2, 0.25) is 0 Å². The van der Waals surface area contributed by atoms with Crippen molar-refractivity contribution in [3.05, 3.63) is 101 Å². The third-order valence-electron chi connectivity index (χ3n) is 5.29. The Labute approximate surface area is 170 Å². The van der Waals surface area contributed by atoms with Crippen LogP contribution in [0.2, 0.25) is 0 Å². The molecule has 1 N–H and O–H groups in total. The number of aromatic carboxylic acids is 1. The molecule has 2 aromatic heterocycles. The van der Waals surface area contributed by atoms with Gasteiger partial charge in [0.05, 0.1) is 11.3 Å². The zero-order valence-electron chi connectivity index (χ0n) is 16.7. The van der Waals surface area contributed by atoms with Gasteiger partial charge in [-0.1, -0.05) is 50.2 Å². The number of fused-ring (bicyclic) bond motifs is 1. The zero-order chi connectivity index (χ0) is 20.4. The molecule has 0 saturated carbocycles. The van der Waals surface area contributed by atoms with E-state index in [4.69, 9.17) is 0 Å². The zero-order valence-corrected chi connectivity index (χ0v) is 16.7. The summed E-state index contributed by atoms with van der Waals surface area (Å²) < 4.78 is 2.23. The van der Waals surface area contributed by atoms with Gasteiger partial charge in [0.1, 0.15) is 0 Å². The lowest BCUT2D eigenvalue weighted by atomic mass is 9.99. The molecule has 2 aromatic carbocycles. The number of rotatable bonds is 6. The number of hydrogen-bond donors (Lipinski definition) is 1. The smallest absolute Gasteiger partial charge is 0.337 e. The van der Waals surface area contributed by atoms with Crippen molar-refractivity contribution in [1.82, 2.24) is 9.55 Å². The molecular formula is C25H24N2O2. The van der Waals surface area contributed by atoms with Crippen LogP contribution in [0.25, 0.3) is 10.9 Å². The molecule has 0 unspecified atom stereocenters. The minimum Gasteiger partial charge on any atom is -0.478 e. The molecule has 0 radical (unpaired) electrons. The van der Waals surface area contributed by atoms with Gasteiger partial charge in [0, 0.05) is 30.9 Å². The Kier molecular flexibility index (Phi) is 5.17. The third kappa shape index (κ3) is 4.06. The van der Waals surface area contributed by atoms with Crippen LogP contribution in [0.15, 0.2) is 73.1 Å². The van der Waals surface area contributed by atoms with E-state index in [0.717, 1.165) is 23.1 Å². The first kappa shape index (κ1) is 18.9. The summed E-state index contributed by atoms with van der Waals surface area (Å²) in [5.41, 5.74) is 5.32. The Bertz CT molecular complexity index is 1160. The highest BCUT2D eigenvalue weighted by Crippen LogP contribution is 2.23. The highest BCUT2D eigenvalue weighted by Gasteiger charge is 2.15. The molecule has 0 fully saturated rings. The first-order valence-corrected chi connectivity index (χ1v) is 9.85. The van der Waals surface area contributed by atoms with E-state index in [0.29, 0.717) is 12.1 Å². The van der Waals surface area contributed by atoms with Crippen molar-refractivity contribution in [1.29, 1.82) is 0 Å². The molecule has 4 nitrogen and oxygen atoms in total. The number of carboxylic acid groups (broad SMARTS) is 1. The maximum Gasteiger partial charge on any atom is 0.337 e. The number of pyridine rings is 1. The van der Waals surface area contributed by atoms with E-state index in [1.807, 2.05) is 19.9 Å². The van der Waals surface area contributed by atoms with Crippen LogP contribution in [0, 0.1) is 0 Å². The second-order valence-corrected chi connectivity index (χ2v) is 7.72. The summed E-state index contributed by atoms with van der Waals surface area (Å²) in [6.45, 7) is 4.90. The van der Waals surface area contributed by atoms with Crippen LogP contribution < -0.4 is 0 Å². The Balaban J connectivity index is 1.62. The van der Waals surface area contributed by atoms with Crippen LogP contribution >= 0.6 is 0 Å². The van der Waals surface area contributed by atoms with Gasteiger partial charge in [-0.3, -0.25) is 4.98 Å². The molecule has 29 heavy (non-hydrogen) atoms. The SMILES string of the molecule is CC(C)c1cnc(Cc2ccc3c(ccn3Cc3ccccc3)c2)c(C(=O)O)c1.